The van der Waals surface area contributed by atoms with E-state index in [1.54, 1.807) is 11.3 Å². The first-order valence-corrected chi connectivity index (χ1v) is 12.0. The van der Waals surface area contributed by atoms with Crippen LogP contribution < -0.4 is 0 Å². The molecule has 0 unspecified atom stereocenters. The summed E-state index contributed by atoms with van der Waals surface area (Å²) in [5.41, 5.74) is 6.31. The second kappa shape index (κ2) is 10.3. The van der Waals surface area contributed by atoms with E-state index in [9.17, 15) is 0 Å². The molecule has 0 amide bonds. The first-order valence-electron chi connectivity index (χ1n) is 11.1. The molecule has 4 rings (SSSR count). The van der Waals surface area contributed by atoms with Gasteiger partial charge in [-0.3, -0.25) is 9.88 Å². The van der Waals surface area contributed by atoms with Crippen LogP contribution in [0.15, 0.2) is 66.3 Å². The van der Waals surface area contributed by atoms with Crippen molar-refractivity contribution in [1.29, 1.82) is 0 Å². The van der Waals surface area contributed by atoms with E-state index < -0.39 is 0 Å². The van der Waals surface area contributed by atoms with Gasteiger partial charge in [0, 0.05) is 19.3 Å². The van der Waals surface area contributed by atoms with Gasteiger partial charge in [-0.25, -0.2) is 0 Å². The predicted molar refractivity (Wildman–Crippen MR) is 126 cm³/mol. The van der Waals surface area contributed by atoms with Crippen LogP contribution in [0.3, 0.4) is 0 Å². The van der Waals surface area contributed by atoms with Crippen LogP contribution in [0, 0.1) is 5.41 Å². The van der Waals surface area contributed by atoms with Crippen LogP contribution in [-0.4, -0.2) is 36.2 Å². The van der Waals surface area contributed by atoms with Crippen LogP contribution in [-0.2, 0) is 17.7 Å². The van der Waals surface area contributed by atoms with Crippen molar-refractivity contribution in [2.45, 2.75) is 39.2 Å². The van der Waals surface area contributed by atoms with Crippen molar-refractivity contribution in [1.82, 2.24) is 9.88 Å². The zero-order chi connectivity index (χ0) is 20.7. The van der Waals surface area contributed by atoms with E-state index in [0.29, 0.717) is 5.41 Å². The number of aryl methyl sites for hydroxylation is 1. The lowest BCUT2D eigenvalue weighted by atomic mass is 9.74. The molecule has 1 fully saturated rings. The number of rotatable bonds is 9. The Hall–Kier alpha value is -2.01. The average molecular weight is 421 g/mol. The lowest BCUT2D eigenvalue weighted by molar-refractivity contribution is -0.00232. The summed E-state index contributed by atoms with van der Waals surface area (Å²) >= 11 is 1.69. The second-order valence-corrected chi connectivity index (χ2v) is 9.35. The van der Waals surface area contributed by atoms with Gasteiger partial charge in [-0.15, -0.1) is 11.3 Å². The lowest BCUT2D eigenvalue weighted by Crippen LogP contribution is -2.42. The molecule has 0 saturated carbocycles. The quantitative estimate of drug-likeness (QED) is 0.421. The number of nitrogens with zero attached hydrogens (tertiary/aromatic N) is 2. The van der Waals surface area contributed by atoms with Crippen molar-refractivity contribution < 1.29 is 4.74 Å². The van der Waals surface area contributed by atoms with E-state index in [1.165, 1.54) is 40.8 Å². The first-order chi connectivity index (χ1) is 14.8. The molecule has 0 spiro atoms. The minimum Gasteiger partial charge on any atom is -0.381 e. The highest BCUT2D eigenvalue weighted by Crippen LogP contribution is 2.37. The number of likely N-dealkylation sites (tertiary alicyclic amines) is 1. The molecule has 1 aliphatic rings. The van der Waals surface area contributed by atoms with Crippen LogP contribution >= 0.6 is 11.3 Å². The summed E-state index contributed by atoms with van der Waals surface area (Å²) in [6, 6.07) is 19.9. The third-order valence-electron chi connectivity index (χ3n) is 6.39. The topological polar surface area (TPSA) is 25.4 Å². The normalized spacial score (nSPS) is 16.6. The third-order valence-corrected chi connectivity index (χ3v) is 7.22. The highest BCUT2D eigenvalue weighted by atomic mass is 32.1. The monoisotopic (exact) mass is 420 g/mol. The zero-order valence-electron chi connectivity index (χ0n) is 17.9. The van der Waals surface area contributed by atoms with Gasteiger partial charge in [0.2, 0.25) is 0 Å². The van der Waals surface area contributed by atoms with Crippen LogP contribution in [0.25, 0.3) is 10.4 Å². The Kier molecular flexibility index (Phi) is 7.32. The van der Waals surface area contributed by atoms with Crippen LogP contribution in [0.1, 0.15) is 37.3 Å². The molecular weight excluding hydrogens is 388 g/mol. The molecule has 1 aliphatic heterocycles. The fourth-order valence-electron chi connectivity index (χ4n) is 4.42. The number of hydrogen-bond donors (Lipinski definition) is 0. The summed E-state index contributed by atoms with van der Waals surface area (Å²) in [7, 11) is 0. The van der Waals surface area contributed by atoms with Gasteiger partial charge in [0.25, 0.3) is 0 Å². The molecular formula is C26H32N2OS. The Bertz CT molecular complexity index is 869. The molecule has 3 aromatic rings. The van der Waals surface area contributed by atoms with Crippen molar-refractivity contribution in [3.05, 3.63) is 77.4 Å². The average Bonchev–Trinajstić information content (AvgIpc) is 3.34. The van der Waals surface area contributed by atoms with Crippen LogP contribution in [0.2, 0.25) is 0 Å². The largest absolute Gasteiger partial charge is 0.381 e. The molecule has 2 aromatic carbocycles. The van der Waals surface area contributed by atoms with E-state index in [-0.39, 0.29) is 0 Å². The number of aromatic nitrogens is 1. The highest BCUT2D eigenvalue weighted by Gasteiger charge is 2.34. The van der Waals surface area contributed by atoms with Crippen molar-refractivity contribution in [3.8, 4) is 10.4 Å². The van der Waals surface area contributed by atoms with E-state index in [0.717, 1.165) is 39.3 Å². The van der Waals surface area contributed by atoms with E-state index in [1.807, 2.05) is 11.7 Å². The summed E-state index contributed by atoms with van der Waals surface area (Å²) in [4.78, 5) is 8.02. The Balaban J connectivity index is 1.33. The van der Waals surface area contributed by atoms with Gasteiger partial charge >= 0.3 is 0 Å². The van der Waals surface area contributed by atoms with Crippen molar-refractivity contribution in [2.75, 3.05) is 26.3 Å². The summed E-state index contributed by atoms with van der Waals surface area (Å²) in [5, 5.41) is 0. The summed E-state index contributed by atoms with van der Waals surface area (Å²) in [6.07, 6.45) is 6.75. The maximum Gasteiger partial charge on any atom is 0.0797 e. The third kappa shape index (κ3) is 5.57. The summed E-state index contributed by atoms with van der Waals surface area (Å²) < 4.78 is 5.94. The standard InChI is InChI=1S/C26H32N2OS/c1-2-29-20-26(13-12-22-6-4-3-5-7-22)14-16-28(17-15-26)19-23-8-10-24(11-9-23)25-18-27-21-30-25/h3-11,18,21H,2,12-17,19-20H2,1H3. The van der Waals surface area contributed by atoms with E-state index in [4.69, 9.17) is 4.74 Å². The molecule has 4 heteroatoms. The van der Waals surface area contributed by atoms with Crippen molar-refractivity contribution in [2.24, 2.45) is 5.41 Å². The lowest BCUT2D eigenvalue weighted by Gasteiger charge is -2.42. The Labute approximate surface area is 184 Å². The molecule has 0 bridgehead atoms. The molecule has 3 nitrogen and oxygen atoms in total. The van der Waals surface area contributed by atoms with Gasteiger partial charge in [0.05, 0.1) is 17.0 Å². The predicted octanol–water partition coefficient (Wildman–Crippen LogP) is 6.06. The summed E-state index contributed by atoms with van der Waals surface area (Å²) in [5.74, 6) is 0. The fourth-order valence-corrected chi connectivity index (χ4v) is 5.04. The summed E-state index contributed by atoms with van der Waals surface area (Å²) in [6.45, 7) is 7.15. The molecule has 0 aliphatic carbocycles. The Morgan fingerprint density at radius 1 is 1.00 bits per heavy atom. The SMILES string of the molecule is CCOCC1(CCc2ccccc2)CCN(Cc2ccc(-c3cncs3)cc2)CC1. The van der Waals surface area contributed by atoms with E-state index in [2.05, 4.69) is 71.4 Å². The van der Waals surface area contributed by atoms with Gasteiger partial charge in [0.15, 0.2) is 0 Å². The minimum atomic E-state index is 0.318. The smallest absolute Gasteiger partial charge is 0.0797 e. The molecule has 0 atom stereocenters. The van der Waals surface area contributed by atoms with Crippen LogP contribution in [0.4, 0.5) is 0 Å². The molecule has 1 aromatic heterocycles. The number of hydrogen-bond acceptors (Lipinski definition) is 4. The van der Waals surface area contributed by atoms with Gasteiger partial charge in [-0.05, 0) is 67.8 Å². The number of piperidine rings is 1. The Morgan fingerprint density at radius 2 is 1.77 bits per heavy atom. The molecule has 0 N–H and O–H groups in total. The molecule has 30 heavy (non-hydrogen) atoms. The number of thiazole rings is 1. The zero-order valence-corrected chi connectivity index (χ0v) is 18.7. The second-order valence-electron chi connectivity index (χ2n) is 8.46. The van der Waals surface area contributed by atoms with Crippen molar-refractivity contribution >= 4 is 11.3 Å². The molecule has 0 radical (unpaired) electrons. The maximum atomic E-state index is 5.94. The van der Waals surface area contributed by atoms with Gasteiger partial charge < -0.3 is 4.74 Å². The van der Waals surface area contributed by atoms with E-state index >= 15 is 0 Å². The number of ether oxygens (including phenoxy) is 1. The van der Waals surface area contributed by atoms with Crippen molar-refractivity contribution in [3.63, 3.8) is 0 Å². The first kappa shape index (κ1) is 21.2. The van der Waals surface area contributed by atoms with Gasteiger partial charge in [-0.2, -0.15) is 0 Å². The number of benzene rings is 2. The van der Waals surface area contributed by atoms with Gasteiger partial charge in [-0.1, -0.05) is 54.6 Å². The Morgan fingerprint density at radius 3 is 2.43 bits per heavy atom. The van der Waals surface area contributed by atoms with Gasteiger partial charge in [0.1, 0.15) is 0 Å². The van der Waals surface area contributed by atoms with Crippen LogP contribution in [0.5, 0.6) is 0 Å². The maximum absolute atomic E-state index is 5.94. The molecule has 2 heterocycles. The fraction of sp³-hybridized carbons (Fsp3) is 0.423. The minimum absolute atomic E-state index is 0.318. The highest BCUT2D eigenvalue weighted by molar-refractivity contribution is 7.13. The molecule has 158 valence electrons. The molecule has 1 saturated heterocycles.